The van der Waals surface area contributed by atoms with Gasteiger partial charge in [-0.15, -0.1) is 0 Å². The summed E-state index contributed by atoms with van der Waals surface area (Å²) in [7, 11) is 0. The summed E-state index contributed by atoms with van der Waals surface area (Å²) in [5.74, 6) is 0.550. The van der Waals surface area contributed by atoms with E-state index in [0.717, 1.165) is 17.5 Å². The van der Waals surface area contributed by atoms with Crippen LogP contribution in [0.4, 0.5) is 0 Å². The summed E-state index contributed by atoms with van der Waals surface area (Å²) in [6.45, 7) is 2.24. The maximum atomic E-state index is 11.5. The van der Waals surface area contributed by atoms with Crippen LogP contribution in [-0.2, 0) is 9.53 Å². The second kappa shape index (κ2) is 3.87. The highest BCUT2D eigenvalue weighted by molar-refractivity contribution is 5.78. The monoisotopic (exact) mass is 231 g/mol. The van der Waals surface area contributed by atoms with Gasteiger partial charge in [0.25, 0.3) is 0 Å². The summed E-state index contributed by atoms with van der Waals surface area (Å²) in [5, 5.41) is 0. The van der Waals surface area contributed by atoms with E-state index in [1.807, 2.05) is 31.2 Å². The van der Waals surface area contributed by atoms with Crippen LogP contribution in [0.25, 0.3) is 11.1 Å². The van der Waals surface area contributed by atoms with Gasteiger partial charge in [-0.3, -0.25) is 4.79 Å². The van der Waals surface area contributed by atoms with Gasteiger partial charge in [-0.2, -0.15) is 0 Å². The molecule has 0 radical (unpaired) electrons. The van der Waals surface area contributed by atoms with E-state index in [4.69, 9.17) is 9.15 Å². The average molecular weight is 231 g/mol. The standard InChI is InChI=1S/C13H13NO3/c1-2-16-13(15)9-7-8(9)12-14-10-5-3-4-6-11(10)17-12/h3-6,8-9H,2,7H2,1H3/t8-,9-/m1/s1. The first kappa shape index (κ1) is 10.3. The minimum atomic E-state index is -0.139. The highest BCUT2D eigenvalue weighted by atomic mass is 16.5. The molecule has 0 aliphatic heterocycles. The van der Waals surface area contributed by atoms with Gasteiger partial charge in [-0.25, -0.2) is 4.98 Å². The van der Waals surface area contributed by atoms with Gasteiger partial charge in [-0.1, -0.05) is 12.1 Å². The van der Waals surface area contributed by atoms with Crippen molar-refractivity contribution in [2.24, 2.45) is 5.92 Å². The van der Waals surface area contributed by atoms with Crippen molar-refractivity contribution < 1.29 is 13.9 Å². The lowest BCUT2D eigenvalue weighted by molar-refractivity contribution is -0.144. The molecule has 1 aromatic carbocycles. The van der Waals surface area contributed by atoms with Gasteiger partial charge in [0, 0.05) is 5.92 Å². The van der Waals surface area contributed by atoms with Gasteiger partial charge in [-0.05, 0) is 25.5 Å². The fourth-order valence-corrected chi connectivity index (χ4v) is 2.03. The summed E-state index contributed by atoms with van der Waals surface area (Å²) in [5.41, 5.74) is 1.62. The third-order valence-electron chi connectivity index (χ3n) is 3.01. The summed E-state index contributed by atoms with van der Waals surface area (Å²) in [4.78, 5) is 15.9. The Balaban J connectivity index is 1.80. The van der Waals surface area contributed by atoms with Gasteiger partial charge >= 0.3 is 5.97 Å². The van der Waals surface area contributed by atoms with Crippen LogP contribution in [0.5, 0.6) is 0 Å². The highest BCUT2D eigenvalue weighted by Crippen LogP contribution is 2.48. The maximum Gasteiger partial charge on any atom is 0.309 e. The number of benzene rings is 1. The van der Waals surface area contributed by atoms with E-state index in [1.54, 1.807) is 0 Å². The molecule has 4 heteroatoms. The molecule has 0 N–H and O–H groups in total. The quantitative estimate of drug-likeness (QED) is 0.761. The van der Waals surface area contributed by atoms with Crippen molar-refractivity contribution in [1.29, 1.82) is 0 Å². The molecule has 17 heavy (non-hydrogen) atoms. The van der Waals surface area contributed by atoms with Crippen molar-refractivity contribution in [2.75, 3.05) is 6.61 Å². The molecule has 1 fully saturated rings. The van der Waals surface area contributed by atoms with Crippen LogP contribution < -0.4 is 0 Å². The molecule has 1 aliphatic carbocycles. The zero-order valence-corrected chi connectivity index (χ0v) is 9.55. The summed E-state index contributed by atoms with van der Waals surface area (Å²) >= 11 is 0. The molecular formula is C13H13NO3. The van der Waals surface area contributed by atoms with E-state index >= 15 is 0 Å². The zero-order valence-electron chi connectivity index (χ0n) is 9.55. The largest absolute Gasteiger partial charge is 0.466 e. The Bertz CT molecular complexity index is 528. The van der Waals surface area contributed by atoms with Crippen LogP contribution in [-0.4, -0.2) is 17.6 Å². The number of aromatic nitrogens is 1. The number of hydrogen-bond acceptors (Lipinski definition) is 4. The highest BCUT2D eigenvalue weighted by Gasteiger charge is 2.48. The molecular weight excluding hydrogens is 218 g/mol. The van der Waals surface area contributed by atoms with Gasteiger partial charge in [0.15, 0.2) is 11.5 Å². The lowest BCUT2D eigenvalue weighted by Gasteiger charge is -1.98. The van der Waals surface area contributed by atoms with E-state index in [0.29, 0.717) is 12.5 Å². The Kier molecular flexibility index (Phi) is 2.35. The van der Waals surface area contributed by atoms with Gasteiger partial charge < -0.3 is 9.15 Å². The molecule has 88 valence electrons. The molecule has 1 heterocycles. The molecule has 0 saturated heterocycles. The molecule has 2 atom stereocenters. The topological polar surface area (TPSA) is 52.3 Å². The maximum absolute atomic E-state index is 11.5. The predicted octanol–water partition coefficient (Wildman–Crippen LogP) is 2.49. The minimum Gasteiger partial charge on any atom is -0.466 e. The van der Waals surface area contributed by atoms with Crippen LogP contribution in [0.3, 0.4) is 0 Å². The first-order valence-corrected chi connectivity index (χ1v) is 5.81. The number of carbonyl (C=O) groups excluding carboxylic acids is 1. The Morgan fingerprint density at radius 1 is 1.53 bits per heavy atom. The number of carbonyl (C=O) groups is 1. The van der Waals surface area contributed by atoms with Crippen molar-refractivity contribution in [3.8, 4) is 0 Å². The van der Waals surface area contributed by atoms with Crippen molar-refractivity contribution in [2.45, 2.75) is 19.3 Å². The number of para-hydroxylation sites is 2. The molecule has 3 rings (SSSR count). The first-order valence-electron chi connectivity index (χ1n) is 5.81. The van der Waals surface area contributed by atoms with Crippen molar-refractivity contribution in [3.63, 3.8) is 0 Å². The molecule has 0 unspecified atom stereocenters. The lowest BCUT2D eigenvalue weighted by atomic mass is 10.3. The van der Waals surface area contributed by atoms with Crippen LogP contribution in [0.2, 0.25) is 0 Å². The van der Waals surface area contributed by atoms with Crippen molar-refractivity contribution >= 4 is 17.1 Å². The Morgan fingerprint density at radius 2 is 2.35 bits per heavy atom. The second-order valence-corrected chi connectivity index (χ2v) is 4.22. The molecule has 1 aromatic heterocycles. The number of esters is 1. The van der Waals surface area contributed by atoms with E-state index in [-0.39, 0.29) is 17.8 Å². The normalized spacial score (nSPS) is 22.6. The summed E-state index contributed by atoms with van der Waals surface area (Å²) < 4.78 is 10.6. The fraction of sp³-hybridized carbons (Fsp3) is 0.385. The number of rotatable bonds is 3. The Morgan fingerprint density at radius 3 is 3.12 bits per heavy atom. The van der Waals surface area contributed by atoms with E-state index < -0.39 is 0 Å². The zero-order chi connectivity index (χ0) is 11.8. The molecule has 1 saturated carbocycles. The van der Waals surface area contributed by atoms with E-state index in [1.165, 1.54) is 0 Å². The van der Waals surface area contributed by atoms with Crippen LogP contribution in [0, 0.1) is 5.92 Å². The van der Waals surface area contributed by atoms with Gasteiger partial charge in [0.1, 0.15) is 5.52 Å². The Hall–Kier alpha value is -1.84. The molecule has 0 spiro atoms. The summed E-state index contributed by atoms with van der Waals surface area (Å²) in [6.07, 6.45) is 0.783. The van der Waals surface area contributed by atoms with Crippen molar-refractivity contribution in [1.82, 2.24) is 4.98 Å². The van der Waals surface area contributed by atoms with Gasteiger partial charge in [0.05, 0.1) is 12.5 Å². The smallest absolute Gasteiger partial charge is 0.309 e. The second-order valence-electron chi connectivity index (χ2n) is 4.22. The third kappa shape index (κ3) is 1.79. The summed E-state index contributed by atoms with van der Waals surface area (Å²) in [6, 6.07) is 7.62. The Labute approximate surface area is 98.6 Å². The SMILES string of the molecule is CCOC(=O)[C@@H]1C[C@H]1c1nc2ccccc2o1. The number of oxazole rings is 1. The molecule has 0 bridgehead atoms. The van der Waals surface area contributed by atoms with E-state index in [9.17, 15) is 4.79 Å². The van der Waals surface area contributed by atoms with Crippen LogP contribution in [0.1, 0.15) is 25.2 Å². The first-order chi connectivity index (χ1) is 8.29. The predicted molar refractivity (Wildman–Crippen MR) is 61.5 cm³/mol. The number of nitrogens with zero attached hydrogens (tertiary/aromatic N) is 1. The molecule has 0 amide bonds. The van der Waals surface area contributed by atoms with Crippen LogP contribution >= 0.6 is 0 Å². The molecule has 2 aromatic rings. The van der Waals surface area contributed by atoms with E-state index in [2.05, 4.69) is 4.98 Å². The lowest BCUT2D eigenvalue weighted by Crippen LogP contribution is -2.07. The number of fused-ring (bicyclic) bond motifs is 1. The third-order valence-corrected chi connectivity index (χ3v) is 3.01. The fourth-order valence-electron chi connectivity index (χ4n) is 2.03. The van der Waals surface area contributed by atoms with Crippen molar-refractivity contribution in [3.05, 3.63) is 30.2 Å². The molecule has 4 nitrogen and oxygen atoms in total. The van der Waals surface area contributed by atoms with Gasteiger partial charge in [0.2, 0.25) is 0 Å². The molecule has 1 aliphatic rings. The average Bonchev–Trinajstić information content (AvgIpc) is 3.02. The van der Waals surface area contributed by atoms with Crippen LogP contribution in [0.15, 0.2) is 28.7 Å². The minimum absolute atomic E-state index is 0.0667. The number of ether oxygens (including phenoxy) is 1. The number of hydrogen-bond donors (Lipinski definition) is 0.